The number of rotatable bonds is 6. The van der Waals surface area contributed by atoms with Gasteiger partial charge in [-0.3, -0.25) is 4.79 Å². The fraction of sp³-hybridized carbons (Fsp3) is 0.500. The van der Waals surface area contributed by atoms with Gasteiger partial charge in [-0.25, -0.2) is 0 Å². The molecule has 0 aliphatic heterocycles. The summed E-state index contributed by atoms with van der Waals surface area (Å²) in [7, 11) is 0. The second-order valence-corrected chi connectivity index (χ2v) is 4.69. The highest BCUT2D eigenvalue weighted by Gasteiger charge is 2.09. The zero-order valence-corrected chi connectivity index (χ0v) is 11.3. The van der Waals surface area contributed by atoms with Gasteiger partial charge in [0.15, 0.2) is 6.61 Å². The number of primary amides is 1. The molecule has 0 aromatic heterocycles. The molecule has 0 spiro atoms. The monoisotopic (exact) mass is 250 g/mol. The first-order valence-corrected chi connectivity index (χ1v) is 6.20. The van der Waals surface area contributed by atoms with Crippen molar-refractivity contribution >= 4 is 5.91 Å². The van der Waals surface area contributed by atoms with Gasteiger partial charge in [-0.2, -0.15) is 0 Å². The predicted molar refractivity (Wildman–Crippen MR) is 72.6 cm³/mol. The van der Waals surface area contributed by atoms with E-state index in [1.165, 1.54) is 5.56 Å². The van der Waals surface area contributed by atoms with E-state index < -0.39 is 5.91 Å². The normalized spacial score (nSPS) is 12.2. The number of ether oxygens (including phenoxy) is 1. The summed E-state index contributed by atoms with van der Waals surface area (Å²) in [6.45, 7) is 5.92. The van der Waals surface area contributed by atoms with Crippen LogP contribution in [0, 0.1) is 13.8 Å². The maximum Gasteiger partial charge on any atom is 0.255 e. The molecule has 0 saturated carbocycles. The van der Waals surface area contributed by atoms with Gasteiger partial charge < -0.3 is 16.2 Å². The summed E-state index contributed by atoms with van der Waals surface area (Å²) in [5.41, 5.74) is 14.2. The van der Waals surface area contributed by atoms with Crippen LogP contribution in [0.4, 0.5) is 0 Å². The second-order valence-electron chi connectivity index (χ2n) is 4.69. The lowest BCUT2D eigenvalue weighted by atomic mass is 9.99. The van der Waals surface area contributed by atoms with E-state index in [2.05, 4.69) is 19.1 Å². The zero-order chi connectivity index (χ0) is 13.7. The van der Waals surface area contributed by atoms with Gasteiger partial charge in [0.2, 0.25) is 0 Å². The van der Waals surface area contributed by atoms with Crippen molar-refractivity contribution < 1.29 is 9.53 Å². The van der Waals surface area contributed by atoms with Crippen molar-refractivity contribution in [3.05, 3.63) is 28.8 Å². The molecule has 0 saturated heterocycles. The molecule has 0 bridgehead atoms. The van der Waals surface area contributed by atoms with Crippen molar-refractivity contribution in [2.24, 2.45) is 11.5 Å². The van der Waals surface area contributed by atoms with E-state index >= 15 is 0 Å². The molecule has 4 nitrogen and oxygen atoms in total. The molecule has 0 aliphatic rings. The van der Waals surface area contributed by atoms with E-state index in [-0.39, 0.29) is 12.6 Å². The Morgan fingerprint density at radius 2 is 1.89 bits per heavy atom. The van der Waals surface area contributed by atoms with Crippen LogP contribution in [0.3, 0.4) is 0 Å². The first-order chi connectivity index (χ1) is 8.43. The van der Waals surface area contributed by atoms with Gasteiger partial charge >= 0.3 is 0 Å². The number of nitrogens with two attached hydrogens (primary N) is 2. The SMILES string of the molecule is CCC(N)Cc1cc(C)c(OCC(N)=O)c(C)c1. The van der Waals surface area contributed by atoms with Crippen LogP contribution in [-0.4, -0.2) is 18.6 Å². The molecule has 1 aromatic carbocycles. The molecule has 1 atom stereocenters. The van der Waals surface area contributed by atoms with Crippen molar-refractivity contribution in [3.8, 4) is 5.75 Å². The number of aryl methyl sites for hydroxylation is 2. The van der Waals surface area contributed by atoms with Crippen LogP contribution < -0.4 is 16.2 Å². The van der Waals surface area contributed by atoms with Gasteiger partial charge in [-0.15, -0.1) is 0 Å². The van der Waals surface area contributed by atoms with E-state index in [1.54, 1.807) is 0 Å². The van der Waals surface area contributed by atoms with Crippen molar-refractivity contribution in [1.82, 2.24) is 0 Å². The topological polar surface area (TPSA) is 78.3 Å². The van der Waals surface area contributed by atoms with Crippen LogP contribution in [0.2, 0.25) is 0 Å². The van der Waals surface area contributed by atoms with E-state index in [0.29, 0.717) is 0 Å². The average molecular weight is 250 g/mol. The lowest BCUT2D eigenvalue weighted by Gasteiger charge is -2.15. The Bertz CT molecular complexity index is 407. The highest BCUT2D eigenvalue weighted by Crippen LogP contribution is 2.25. The Morgan fingerprint density at radius 1 is 1.33 bits per heavy atom. The van der Waals surface area contributed by atoms with Gasteiger partial charge in [-0.05, 0) is 43.4 Å². The van der Waals surface area contributed by atoms with Crippen LogP contribution in [-0.2, 0) is 11.2 Å². The molecule has 1 amide bonds. The Hall–Kier alpha value is -1.55. The first kappa shape index (κ1) is 14.5. The van der Waals surface area contributed by atoms with Crippen LogP contribution >= 0.6 is 0 Å². The second kappa shape index (κ2) is 6.40. The van der Waals surface area contributed by atoms with Crippen molar-refractivity contribution in [2.75, 3.05) is 6.61 Å². The molecule has 1 aromatic rings. The van der Waals surface area contributed by atoms with E-state index in [1.807, 2.05) is 13.8 Å². The minimum absolute atomic E-state index is 0.0878. The lowest BCUT2D eigenvalue weighted by Crippen LogP contribution is -2.22. The van der Waals surface area contributed by atoms with Crippen LogP contribution in [0.5, 0.6) is 5.75 Å². The average Bonchev–Trinajstić information content (AvgIpc) is 2.27. The summed E-state index contributed by atoms with van der Waals surface area (Å²) < 4.78 is 5.41. The fourth-order valence-corrected chi connectivity index (χ4v) is 1.98. The summed E-state index contributed by atoms with van der Waals surface area (Å²) in [6, 6.07) is 4.29. The Balaban J connectivity index is 2.86. The van der Waals surface area contributed by atoms with Gasteiger partial charge in [0.25, 0.3) is 5.91 Å². The van der Waals surface area contributed by atoms with E-state index in [0.717, 1.165) is 29.7 Å². The molecular formula is C14H22N2O2. The molecule has 1 unspecified atom stereocenters. The molecule has 4 heteroatoms. The first-order valence-electron chi connectivity index (χ1n) is 6.20. The minimum atomic E-state index is -0.467. The predicted octanol–water partition coefficient (Wildman–Crippen LogP) is 1.45. The molecule has 0 fully saturated rings. The van der Waals surface area contributed by atoms with E-state index in [9.17, 15) is 4.79 Å². The molecule has 1 rings (SSSR count). The third kappa shape index (κ3) is 4.04. The molecule has 18 heavy (non-hydrogen) atoms. The molecule has 0 heterocycles. The zero-order valence-electron chi connectivity index (χ0n) is 11.3. The van der Waals surface area contributed by atoms with Gasteiger partial charge in [0.1, 0.15) is 5.75 Å². The van der Waals surface area contributed by atoms with Crippen molar-refractivity contribution in [2.45, 2.75) is 39.7 Å². The molecule has 0 radical (unpaired) electrons. The number of benzene rings is 1. The molecule has 100 valence electrons. The van der Waals surface area contributed by atoms with Crippen LogP contribution in [0.25, 0.3) is 0 Å². The minimum Gasteiger partial charge on any atom is -0.483 e. The summed E-state index contributed by atoms with van der Waals surface area (Å²) in [5.74, 6) is 0.272. The summed E-state index contributed by atoms with van der Waals surface area (Å²) in [4.78, 5) is 10.7. The molecule has 0 aliphatic carbocycles. The third-order valence-corrected chi connectivity index (χ3v) is 2.90. The Morgan fingerprint density at radius 3 is 2.33 bits per heavy atom. The number of carbonyl (C=O) groups excluding carboxylic acids is 1. The van der Waals surface area contributed by atoms with Gasteiger partial charge in [0, 0.05) is 6.04 Å². The van der Waals surface area contributed by atoms with E-state index in [4.69, 9.17) is 16.2 Å². The Labute approximate surface area is 108 Å². The maximum absolute atomic E-state index is 10.7. The van der Waals surface area contributed by atoms with Crippen molar-refractivity contribution in [1.29, 1.82) is 0 Å². The molecular weight excluding hydrogens is 228 g/mol. The highest BCUT2D eigenvalue weighted by atomic mass is 16.5. The quantitative estimate of drug-likeness (QED) is 0.802. The number of amides is 1. The van der Waals surface area contributed by atoms with Crippen LogP contribution in [0.15, 0.2) is 12.1 Å². The fourth-order valence-electron chi connectivity index (χ4n) is 1.98. The number of hydrogen-bond acceptors (Lipinski definition) is 3. The summed E-state index contributed by atoms with van der Waals surface area (Å²) in [5, 5.41) is 0. The van der Waals surface area contributed by atoms with Crippen molar-refractivity contribution in [3.63, 3.8) is 0 Å². The molecule has 4 N–H and O–H groups in total. The number of hydrogen-bond donors (Lipinski definition) is 2. The number of carbonyl (C=O) groups is 1. The smallest absolute Gasteiger partial charge is 0.255 e. The summed E-state index contributed by atoms with van der Waals surface area (Å²) in [6.07, 6.45) is 1.81. The van der Waals surface area contributed by atoms with Gasteiger partial charge in [0.05, 0.1) is 0 Å². The third-order valence-electron chi connectivity index (χ3n) is 2.90. The largest absolute Gasteiger partial charge is 0.483 e. The highest BCUT2D eigenvalue weighted by molar-refractivity contribution is 5.75. The van der Waals surface area contributed by atoms with Gasteiger partial charge in [-0.1, -0.05) is 19.1 Å². The standard InChI is InChI=1S/C14H22N2O2/c1-4-12(15)7-11-5-9(2)14(10(3)6-11)18-8-13(16)17/h5-6,12H,4,7-8,15H2,1-3H3,(H2,16,17). The maximum atomic E-state index is 10.7. The van der Waals surface area contributed by atoms with Crippen LogP contribution in [0.1, 0.15) is 30.0 Å². The summed E-state index contributed by atoms with van der Waals surface area (Å²) >= 11 is 0. The lowest BCUT2D eigenvalue weighted by molar-refractivity contribution is -0.119. The Kier molecular flexibility index (Phi) is 5.16.